The molecular weight excluding hydrogens is 348 g/mol. The smallest absolute Gasteiger partial charge is 0.0535 e. The first-order valence-corrected chi connectivity index (χ1v) is 11.4. The number of hydrogen-bond acceptors (Lipinski definition) is 2. The molecule has 0 saturated carbocycles. The van der Waals surface area contributed by atoms with Crippen molar-refractivity contribution in [2.75, 3.05) is 25.4 Å². The second kappa shape index (κ2) is 7.73. The van der Waals surface area contributed by atoms with Gasteiger partial charge in [-0.05, 0) is 69.4 Å². The summed E-state index contributed by atoms with van der Waals surface area (Å²) >= 11 is 2.01. The van der Waals surface area contributed by atoms with Crippen molar-refractivity contribution >= 4 is 22.7 Å². The third-order valence-electron chi connectivity index (χ3n) is 6.13. The van der Waals surface area contributed by atoms with E-state index in [9.17, 15) is 0 Å². The van der Waals surface area contributed by atoms with Gasteiger partial charge >= 0.3 is 0 Å². The van der Waals surface area contributed by atoms with Crippen LogP contribution in [0, 0.1) is 0 Å². The van der Waals surface area contributed by atoms with Gasteiger partial charge in [0.25, 0.3) is 0 Å². The Balaban J connectivity index is 1.49. The van der Waals surface area contributed by atoms with Crippen molar-refractivity contribution in [3.63, 3.8) is 0 Å². The lowest BCUT2D eigenvalue weighted by Gasteiger charge is -2.16. The molecule has 1 fully saturated rings. The van der Waals surface area contributed by atoms with E-state index in [1.165, 1.54) is 78.1 Å². The Labute approximate surface area is 166 Å². The summed E-state index contributed by atoms with van der Waals surface area (Å²) in [5.74, 6) is 1.17. The summed E-state index contributed by atoms with van der Waals surface area (Å²) in [4.78, 5) is 4.08. The van der Waals surface area contributed by atoms with E-state index in [-0.39, 0.29) is 0 Å². The molecule has 2 aromatic carbocycles. The largest absolute Gasteiger partial charge is 0.340 e. The predicted molar refractivity (Wildman–Crippen MR) is 117 cm³/mol. The SMILES string of the molecule is c1ccc2c(c1)SCCc1c-2n(CCCCN2CCCC2)c2ccccc12. The third-order valence-corrected chi connectivity index (χ3v) is 7.21. The summed E-state index contributed by atoms with van der Waals surface area (Å²) < 4.78 is 2.62. The summed E-state index contributed by atoms with van der Waals surface area (Å²) in [6.07, 6.45) is 6.51. The Morgan fingerprint density at radius 2 is 1.63 bits per heavy atom. The van der Waals surface area contributed by atoms with Crippen molar-refractivity contribution in [2.45, 2.75) is 43.5 Å². The molecule has 0 atom stereocenters. The monoisotopic (exact) mass is 376 g/mol. The number of unbranched alkanes of at least 4 members (excludes halogenated alkanes) is 1. The van der Waals surface area contributed by atoms with Gasteiger partial charge in [-0.2, -0.15) is 0 Å². The van der Waals surface area contributed by atoms with Gasteiger partial charge < -0.3 is 9.47 Å². The van der Waals surface area contributed by atoms with Crippen molar-refractivity contribution in [3.8, 4) is 11.3 Å². The molecule has 0 spiro atoms. The maximum Gasteiger partial charge on any atom is 0.0535 e. The molecular formula is C24H28N2S. The Morgan fingerprint density at radius 1 is 0.852 bits per heavy atom. The standard InChI is InChI=1S/C24H28N2S/c1-3-11-22-19(9-1)20-13-18-27-23-12-4-2-10-21(23)24(20)26(22)17-8-7-16-25-14-5-6-15-25/h1-4,9-12H,5-8,13-18H2. The van der Waals surface area contributed by atoms with Gasteiger partial charge in [-0.1, -0.05) is 36.4 Å². The molecule has 2 aliphatic rings. The number of aromatic nitrogens is 1. The molecule has 27 heavy (non-hydrogen) atoms. The number of hydrogen-bond donors (Lipinski definition) is 0. The van der Waals surface area contributed by atoms with Crippen LogP contribution in [0.4, 0.5) is 0 Å². The van der Waals surface area contributed by atoms with Gasteiger partial charge in [-0.25, -0.2) is 0 Å². The van der Waals surface area contributed by atoms with Gasteiger partial charge in [0.05, 0.1) is 5.69 Å². The molecule has 2 nitrogen and oxygen atoms in total. The first kappa shape index (κ1) is 17.4. The molecule has 0 N–H and O–H groups in total. The van der Waals surface area contributed by atoms with E-state index in [0.29, 0.717) is 0 Å². The molecule has 1 saturated heterocycles. The van der Waals surface area contributed by atoms with Crippen LogP contribution in [-0.2, 0) is 13.0 Å². The molecule has 0 bridgehead atoms. The fourth-order valence-electron chi connectivity index (χ4n) is 4.83. The topological polar surface area (TPSA) is 8.17 Å². The fourth-order valence-corrected chi connectivity index (χ4v) is 5.85. The molecule has 3 heteroatoms. The van der Waals surface area contributed by atoms with Crippen LogP contribution in [0.3, 0.4) is 0 Å². The van der Waals surface area contributed by atoms with Gasteiger partial charge in [0.15, 0.2) is 0 Å². The van der Waals surface area contributed by atoms with Crippen molar-refractivity contribution in [1.29, 1.82) is 0 Å². The Bertz CT molecular complexity index is 937. The van der Waals surface area contributed by atoms with Gasteiger partial charge in [-0.3, -0.25) is 0 Å². The average Bonchev–Trinajstić information content (AvgIpc) is 3.28. The first-order valence-electron chi connectivity index (χ1n) is 10.5. The fraction of sp³-hybridized carbons (Fsp3) is 0.417. The average molecular weight is 377 g/mol. The molecule has 140 valence electrons. The second-order valence-corrected chi connectivity index (χ2v) is 8.98. The number of thioether (sulfide) groups is 1. The van der Waals surface area contributed by atoms with Gasteiger partial charge in [0.2, 0.25) is 0 Å². The highest BCUT2D eigenvalue weighted by molar-refractivity contribution is 7.99. The number of para-hydroxylation sites is 1. The quantitative estimate of drug-likeness (QED) is 0.518. The predicted octanol–water partition coefficient (Wildman–Crippen LogP) is 5.83. The summed E-state index contributed by atoms with van der Waals surface area (Å²) in [7, 11) is 0. The molecule has 3 aromatic rings. The van der Waals surface area contributed by atoms with Crippen molar-refractivity contribution < 1.29 is 0 Å². The molecule has 0 amide bonds. The molecule has 2 aliphatic heterocycles. The van der Waals surface area contributed by atoms with Crippen LogP contribution >= 0.6 is 11.8 Å². The number of likely N-dealkylation sites (tertiary alicyclic amines) is 1. The van der Waals surface area contributed by atoms with Crippen LogP contribution in [0.1, 0.15) is 31.2 Å². The molecule has 0 unspecified atom stereocenters. The van der Waals surface area contributed by atoms with E-state index in [2.05, 4.69) is 58.0 Å². The van der Waals surface area contributed by atoms with Crippen LogP contribution in [0.25, 0.3) is 22.2 Å². The maximum atomic E-state index is 2.64. The van der Waals surface area contributed by atoms with Gasteiger partial charge in [0.1, 0.15) is 0 Å². The van der Waals surface area contributed by atoms with E-state index < -0.39 is 0 Å². The highest BCUT2D eigenvalue weighted by Gasteiger charge is 2.22. The Kier molecular flexibility index (Phi) is 4.98. The summed E-state index contributed by atoms with van der Waals surface area (Å²) in [5, 5.41) is 1.46. The Morgan fingerprint density at radius 3 is 2.56 bits per heavy atom. The zero-order valence-corrected chi connectivity index (χ0v) is 16.8. The lowest BCUT2D eigenvalue weighted by molar-refractivity contribution is 0.327. The summed E-state index contributed by atoms with van der Waals surface area (Å²) in [6, 6.07) is 18.0. The minimum Gasteiger partial charge on any atom is -0.340 e. The zero-order valence-electron chi connectivity index (χ0n) is 16.0. The number of rotatable bonds is 5. The number of aryl methyl sites for hydroxylation is 2. The van der Waals surface area contributed by atoms with Gasteiger partial charge in [-0.15, -0.1) is 11.8 Å². The van der Waals surface area contributed by atoms with Crippen LogP contribution in [0.5, 0.6) is 0 Å². The van der Waals surface area contributed by atoms with Gasteiger partial charge in [0, 0.05) is 33.7 Å². The van der Waals surface area contributed by atoms with Crippen LogP contribution in [-0.4, -0.2) is 34.9 Å². The first-order chi connectivity index (χ1) is 13.4. The lowest BCUT2D eigenvalue weighted by atomic mass is 10.0. The number of benzene rings is 2. The minimum absolute atomic E-state index is 1.13. The highest BCUT2D eigenvalue weighted by Crippen LogP contribution is 2.42. The lowest BCUT2D eigenvalue weighted by Crippen LogP contribution is -2.20. The molecule has 0 radical (unpaired) electrons. The molecule has 5 rings (SSSR count). The minimum atomic E-state index is 1.13. The highest BCUT2D eigenvalue weighted by atomic mass is 32.2. The van der Waals surface area contributed by atoms with E-state index >= 15 is 0 Å². The van der Waals surface area contributed by atoms with E-state index in [1.807, 2.05) is 11.8 Å². The number of fused-ring (bicyclic) bond motifs is 5. The number of nitrogens with zero attached hydrogens (tertiary/aromatic N) is 2. The molecule has 3 heterocycles. The zero-order chi connectivity index (χ0) is 18.1. The molecule has 0 aliphatic carbocycles. The summed E-state index contributed by atoms with van der Waals surface area (Å²) in [6.45, 7) is 5.02. The van der Waals surface area contributed by atoms with Crippen molar-refractivity contribution in [3.05, 3.63) is 54.1 Å². The Hall–Kier alpha value is -1.71. The van der Waals surface area contributed by atoms with Crippen molar-refractivity contribution in [2.24, 2.45) is 0 Å². The van der Waals surface area contributed by atoms with E-state index in [1.54, 1.807) is 5.56 Å². The van der Waals surface area contributed by atoms with Crippen LogP contribution < -0.4 is 0 Å². The normalized spacial score (nSPS) is 17.0. The van der Waals surface area contributed by atoms with Crippen LogP contribution in [0.15, 0.2) is 53.4 Å². The third kappa shape index (κ3) is 3.32. The van der Waals surface area contributed by atoms with E-state index in [0.717, 1.165) is 13.0 Å². The van der Waals surface area contributed by atoms with Crippen LogP contribution in [0.2, 0.25) is 0 Å². The summed E-state index contributed by atoms with van der Waals surface area (Å²) in [5.41, 5.74) is 5.90. The van der Waals surface area contributed by atoms with Crippen molar-refractivity contribution in [1.82, 2.24) is 9.47 Å². The molecule has 1 aromatic heterocycles. The van der Waals surface area contributed by atoms with E-state index in [4.69, 9.17) is 0 Å². The maximum absolute atomic E-state index is 2.64. The second-order valence-electron chi connectivity index (χ2n) is 7.85.